The van der Waals surface area contributed by atoms with Gasteiger partial charge in [0, 0.05) is 23.8 Å². The molecule has 0 aliphatic rings. The lowest BCUT2D eigenvalue weighted by molar-refractivity contribution is -0.384. The van der Waals surface area contributed by atoms with E-state index in [4.69, 9.17) is 9.15 Å². The van der Waals surface area contributed by atoms with Gasteiger partial charge in [0.2, 0.25) is 5.89 Å². The van der Waals surface area contributed by atoms with Crippen molar-refractivity contribution in [3.05, 3.63) is 82.0 Å². The predicted octanol–water partition coefficient (Wildman–Crippen LogP) is 4.10. The molecule has 0 saturated heterocycles. The highest BCUT2D eigenvalue weighted by atomic mass is 19.1. The number of hydrogen-bond acceptors (Lipinski definition) is 7. The molecule has 0 amide bonds. The zero-order valence-corrected chi connectivity index (χ0v) is 14.6. The van der Waals surface area contributed by atoms with Gasteiger partial charge in [0.15, 0.2) is 6.10 Å². The average Bonchev–Trinajstić information content (AvgIpc) is 3.18. The number of esters is 1. The second-order valence-corrected chi connectivity index (χ2v) is 5.71. The standard InChI is InChI=1S/C19H14FN3O5/c1-12(27-17(24)11-4-13-2-7-15(20)8-3-13)18-21-22-19(28-18)14-5-9-16(10-6-14)23(25)26/h2-12H,1H3/b11-4+/t12-/m1/s1. The molecule has 0 saturated carbocycles. The number of benzene rings is 2. The van der Waals surface area contributed by atoms with Crippen LogP contribution in [0, 0.1) is 15.9 Å². The van der Waals surface area contributed by atoms with E-state index in [0.29, 0.717) is 11.1 Å². The molecule has 0 bridgehead atoms. The van der Waals surface area contributed by atoms with Crippen LogP contribution in [-0.4, -0.2) is 21.1 Å². The molecule has 0 N–H and O–H groups in total. The van der Waals surface area contributed by atoms with E-state index in [1.54, 1.807) is 6.92 Å². The van der Waals surface area contributed by atoms with E-state index < -0.39 is 17.0 Å². The number of halogens is 1. The van der Waals surface area contributed by atoms with Gasteiger partial charge < -0.3 is 9.15 Å². The maximum absolute atomic E-state index is 12.9. The lowest BCUT2D eigenvalue weighted by atomic mass is 10.2. The average molecular weight is 383 g/mol. The van der Waals surface area contributed by atoms with E-state index in [2.05, 4.69) is 10.2 Å². The summed E-state index contributed by atoms with van der Waals surface area (Å²) in [7, 11) is 0. The number of aromatic nitrogens is 2. The molecule has 1 atom stereocenters. The highest BCUT2D eigenvalue weighted by molar-refractivity contribution is 5.87. The molecular weight excluding hydrogens is 369 g/mol. The van der Waals surface area contributed by atoms with Crippen molar-refractivity contribution < 1.29 is 23.3 Å². The molecule has 0 fully saturated rings. The second kappa shape index (κ2) is 8.21. The van der Waals surface area contributed by atoms with E-state index in [1.807, 2.05) is 0 Å². The molecule has 0 unspecified atom stereocenters. The molecule has 28 heavy (non-hydrogen) atoms. The number of carbonyl (C=O) groups excluding carboxylic acids is 1. The van der Waals surface area contributed by atoms with Gasteiger partial charge in [-0.1, -0.05) is 12.1 Å². The number of ether oxygens (including phenoxy) is 1. The van der Waals surface area contributed by atoms with Gasteiger partial charge in [-0.15, -0.1) is 10.2 Å². The molecule has 0 aliphatic heterocycles. The Balaban J connectivity index is 1.63. The van der Waals surface area contributed by atoms with Crippen LogP contribution in [0.5, 0.6) is 0 Å². The third kappa shape index (κ3) is 4.64. The van der Waals surface area contributed by atoms with Gasteiger partial charge in [0.1, 0.15) is 5.82 Å². The van der Waals surface area contributed by atoms with E-state index >= 15 is 0 Å². The Morgan fingerprint density at radius 1 is 1.18 bits per heavy atom. The van der Waals surface area contributed by atoms with Crippen LogP contribution in [0.4, 0.5) is 10.1 Å². The highest BCUT2D eigenvalue weighted by Crippen LogP contribution is 2.24. The van der Waals surface area contributed by atoms with Crippen molar-refractivity contribution in [3.63, 3.8) is 0 Å². The Bertz CT molecular complexity index is 1010. The number of nitrogens with zero attached hydrogens (tertiary/aromatic N) is 3. The third-order valence-electron chi connectivity index (χ3n) is 3.69. The molecular formula is C19H14FN3O5. The van der Waals surface area contributed by atoms with Crippen LogP contribution in [0.2, 0.25) is 0 Å². The summed E-state index contributed by atoms with van der Waals surface area (Å²) in [5.41, 5.74) is 1.09. The summed E-state index contributed by atoms with van der Waals surface area (Å²) in [4.78, 5) is 22.1. The van der Waals surface area contributed by atoms with Crippen LogP contribution < -0.4 is 0 Å². The van der Waals surface area contributed by atoms with E-state index in [-0.39, 0.29) is 23.3 Å². The van der Waals surface area contributed by atoms with Crippen molar-refractivity contribution in [1.82, 2.24) is 10.2 Å². The topological polar surface area (TPSA) is 108 Å². The number of nitro groups is 1. The van der Waals surface area contributed by atoms with E-state index in [0.717, 1.165) is 0 Å². The summed E-state index contributed by atoms with van der Waals surface area (Å²) >= 11 is 0. The number of rotatable bonds is 6. The van der Waals surface area contributed by atoms with Gasteiger partial charge in [0.05, 0.1) is 4.92 Å². The van der Waals surface area contributed by atoms with Gasteiger partial charge in [-0.05, 0) is 42.8 Å². The molecule has 0 aliphatic carbocycles. The molecule has 1 aromatic heterocycles. The summed E-state index contributed by atoms with van der Waals surface area (Å²) in [6.45, 7) is 1.57. The number of non-ortho nitro benzene ring substituents is 1. The first-order valence-corrected chi connectivity index (χ1v) is 8.15. The monoisotopic (exact) mass is 383 g/mol. The molecule has 9 heteroatoms. The number of hydrogen-bond donors (Lipinski definition) is 0. The minimum atomic E-state index is -0.801. The highest BCUT2D eigenvalue weighted by Gasteiger charge is 2.18. The maximum atomic E-state index is 12.9. The van der Waals surface area contributed by atoms with Crippen molar-refractivity contribution in [3.8, 4) is 11.5 Å². The molecule has 142 valence electrons. The Hall–Kier alpha value is -3.88. The van der Waals surface area contributed by atoms with Crippen molar-refractivity contribution in [1.29, 1.82) is 0 Å². The van der Waals surface area contributed by atoms with Gasteiger partial charge in [-0.2, -0.15) is 0 Å². The smallest absolute Gasteiger partial charge is 0.331 e. The van der Waals surface area contributed by atoms with Gasteiger partial charge >= 0.3 is 5.97 Å². The predicted molar refractivity (Wildman–Crippen MR) is 96.3 cm³/mol. The van der Waals surface area contributed by atoms with Crippen LogP contribution in [0.25, 0.3) is 17.5 Å². The molecule has 3 aromatic rings. The van der Waals surface area contributed by atoms with Crippen molar-refractivity contribution >= 4 is 17.7 Å². The van der Waals surface area contributed by atoms with Gasteiger partial charge in [-0.3, -0.25) is 10.1 Å². The van der Waals surface area contributed by atoms with Crippen LogP contribution in [-0.2, 0) is 9.53 Å². The normalized spacial score (nSPS) is 12.1. The molecule has 0 spiro atoms. The van der Waals surface area contributed by atoms with Crippen LogP contribution >= 0.6 is 0 Å². The Labute approximate surface area is 158 Å². The molecule has 8 nitrogen and oxygen atoms in total. The van der Waals surface area contributed by atoms with E-state index in [1.165, 1.54) is 60.7 Å². The SMILES string of the molecule is C[C@@H](OC(=O)/C=C/c1ccc(F)cc1)c1nnc(-c2ccc([N+](=O)[O-])cc2)o1. The first-order chi connectivity index (χ1) is 13.4. The number of carbonyl (C=O) groups is 1. The summed E-state index contributed by atoms with van der Waals surface area (Å²) in [5.74, 6) is -0.771. The van der Waals surface area contributed by atoms with Gasteiger partial charge in [0.25, 0.3) is 11.6 Å². The second-order valence-electron chi connectivity index (χ2n) is 5.71. The quantitative estimate of drug-likeness (QED) is 0.273. The lowest BCUT2D eigenvalue weighted by Gasteiger charge is -2.06. The largest absolute Gasteiger partial charge is 0.449 e. The molecule has 3 rings (SSSR count). The molecule has 0 radical (unpaired) electrons. The van der Waals surface area contributed by atoms with Crippen molar-refractivity contribution in [2.24, 2.45) is 0 Å². The first kappa shape index (κ1) is 18.9. The zero-order chi connectivity index (χ0) is 20.1. The molecule has 2 aromatic carbocycles. The summed E-state index contributed by atoms with van der Waals surface area (Å²) in [6, 6.07) is 11.2. The van der Waals surface area contributed by atoms with Crippen LogP contribution in [0.15, 0.2) is 59.0 Å². The van der Waals surface area contributed by atoms with Crippen LogP contribution in [0.1, 0.15) is 24.5 Å². The summed E-state index contributed by atoms with van der Waals surface area (Å²) in [5, 5.41) is 18.4. The maximum Gasteiger partial charge on any atom is 0.331 e. The van der Waals surface area contributed by atoms with E-state index in [9.17, 15) is 19.3 Å². The third-order valence-corrected chi connectivity index (χ3v) is 3.69. The number of nitro benzene ring substituents is 1. The van der Waals surface area contributed by atoms with Crippen molar-refractivity contribution in [2.45, 2.75) is 13.0 Å². The first-order valence-electron chi connectivity index (χ1n) is 8.15. The fourth-order valence-corrected chi connectivity index (χ4v) is 2.24. The zero-order valence-electron chi connectivity index (χ0n) is 14.6. The fourth-order valence-electron chi connectivity index (χ4n) is 2.24. The fraction of sp³-hybridized carbons (Fsp3) is 0.105. The summed E-state index contributed by atoms with van der Waals surface area (Å²) < 4.78 is 23.5. The Kier molecular flexibility index (Phi) is 5.54. The Morgan fingerprint density at radius 3 is 2.50 bits per heavy atom. The van der Waals surface area contributed by atoms with Crippen LogP contribution in [0.3, 0.4) is 0 Å². The van der Waals surface area contributed by atoms with Gasteiger partial charge in [-0.25, -0.2) is 9.18 Å². The summed E-state index contributed by atoms with van der Waals surface area (Å²) in [6.07, 6.45) is 1.90. The lowest BCUT2D eigenvalue weighted by Crippen LogP contribution is -2.06. The molecule has 1 heterocycles. The Morgan fingerprint density at radius 2 is 1.86 bits per heavy atom. The minimum Gasteiger partial charge on any atom is -0.449 e. The minimum absolute atomic E-state index is 0.0567. The van der Waals surface area contributed by atoms with Crippen molar-refractivity contribution in [2.75, 3.05) is 0 Å².